The summed E-state index contributed by atoms with van der Waals surface area (Å²) in [5, 5.41) is 0. The van der Waals surface area contributed by atoms with Crippen LogP contribution in [-0.4, -0.2) is 12.1 Å². The van der Waals surface area contributed by atoms with Crippen LogP contribution in [0.3, 0.4) is 0 Å². The lowest BCUT2D eigenvalue weighted by Crippen LogP contribution is -2.27. The van der Waals surface area contributed by atoms with Gasteiger partial charge in [-0.1, -0.05) is 46.6 Å². The number of hydrogen-bond acceptors (Lipinski definition) is 2. The second-order valence-corrected chi connectivity index (χ2v) is 8.88. The second kappa shape index (κ2) is 11.7. The number of carbonyl (C=O) groups is 2. The van der Waals surface area contributed by atoms with E-state index in [1.54, 1.807) is 0 Å². The summed E-state index contributed by atoms with van der Waals surface area (Å²) in [6, 6.07) is 0. The Morgan fingerprint density at radius 1 is 0.621 bits per heavy atom. The van der Waals surface area contributed by atoms with Crippen LogP contribution in [0.15, 0.2) is 68.9 Å². The fourth-order valence-corrected chi connectivity index (χ4v) is 3.41. The van der Waals surface area contributed by atoms with Crippen LogP contribution in [0.2, 0.25) is 0 Å². The predicted octanol–water partition coefficient (Wildman–Crippen LogP) is 7.40. The molecule has 0 radical (unpaired) electrons. The lowest BCUT2D eigenvalue weighted by molar-refractivity contribution is -0.123. The van der Waals surface area contributed by atoms with Crippen molar-refractivity contribution in [3.8, 4) is 0 Å². The largest absolute Gasteiger partial charge is 0.302 e. The van der Waals surface area contributed by atoms with Gasteiger partial charge in [-0.15, -0.1) is 0 Å². The van der Waals surface area contributed by atoms with Crippen LogP contribution in [0, 0.1) is 5.92 Å². The van der Waals surface area contributed by atoms with Gasteiger partial charge in [0.1, 0.15) is 6.29 Å². The van der Waals surface area contributed by atoms with Crippen LogP contribution in [0.4, 0.5) is 0 Å². The lowest BCUT2D eigenvalue weighted by atomic mass is 9.73. The number of allylic oxidation sites excluding steroid dienone is 12. The summed E-state index contributed by atoms with van der Waals surface area (Å²) in [6.07, 6.45) is 12.2. The summed E-state index contributed by atoms with van der Waals surface area (Å²) in [5.41, 5.74) is 8.92. The molecule has 0 aromatic carbocycles. The summed E-state index contributed by atoms with van der Waals surface area (Å²) in [4.78, 5) is 25.4. The van der Waals surface area contributed by atoms with Crippen molar-refractivity contribution in [3.63, 3.8) is 0 Å². The predicted molar refractivity (Wildman–Crippen MR) is 125 cm³/mol. The fraction of sp³-hybridized carbons (Fsp3) is 0.481. The van der Waals surface area contributed by atoms with Crippen molar-refractivity contribution in [2.24, 2.45) is 5.92 Å². The molecule has 0 aliphatic heterocycles. The van der Waals surface area contributed by atoms with Gasteiger partial charge in [-0.05, 0) is 97.8 Å². The van der Waals surface area contributed by atoms with E-state index in [9.17, 15) is 9.59 Å². The minimum absolute atomic E-state index is 0.0206. The average molecular weight is 395 g/mol. The van der Waals surface area contributed by atoms with Gasteiger partial charge in [0.05, 0.1) is 5.92 Å². The van der Waals surface area contributed by atoms with Gasteiger partial charge in [-0.25, -0.2) is 0 Å². The van der Waals surface area contributed by atoms with Gasteiger partial charge in [-0.3, -0.25) is 4.79 Å². The molecule has 0 saturated heterocycles. The molecule has 0 aromatic heterocycles. The number of hydrogen-bond donors (Lipinski definition) is 0. The molecule has 1 unspecified atom stereocenters. The molecule has 0 N–H and O–H groups in total. The van der Waals surface area contributed by atoms with Crippen molar-refractivity contribution >= 4 is 12.1 Å². The quantitative estimate of drug-likeness (QED) is 0.232. The monoisotopic (exact) mass is 394 g/mol. The molecule has 0 amide bonds. The van der Waals surface area contributed by atoms with Crippen molar-refractivity contribution in [2.45, 2.75) is 81.1 Å². The molecule has 0 saturated carbocycles. The molecule has 1 rings (SSSR count). The Morgan fingerprint density at radius 3 is 1.41 bits per heavy atom. The lowest BCUT2D eigenvalue weighted by Gasteiger charge is -2.29. The highest BCUT2D eigenvalue weighted by molar-refractivity contribution is 6.09. The maximum atomic E-state index is 13.4. The summed E-state index contributed by atoms with van der Waals surface area (Å²) in [7, 11) is 0. The summed E-state index contributed by atoms with van der Waals surface area (Å²) in [5.74, 6) is -0.685. The topological polar surface area (TPSA) is 34.1 Å². The Morgan fingerprint density at radius 2 is 1.00 bits per heavy atom. The van der Waals surface area contributed by atoms with Gasteiger partial charge >= 0.3 is 0 Å². The molecule has 1 aliphatic rings. The Balaban J connectivity index is 3.77. The van der Waals surface area contributed by atoms with Crippen LogP contribution >= 0.6 is 0 Å². The highest BCUT2D eigenvalue weighted by Gasteiger charge is 2.34. The van der Waals surface area contributed by atoms with E-state index < -0.39 is 5.92 Å². The first kappa shape index (κ1) is 24.8. The third-order valence-electron chi connectivity index (χ3n) is 5.08. The Kier molecular flexibility index (Phi) is 10.0. The Bertz CT molecular complexity index is 807. The van der Waals surface area contributed by atoms with Gasteiger partial charge < -0.3 is 4.79 Å². The zero-order valence-corrected chi connectivity index (χ0v) is 19.6. The summed E-state index contributed by atoms with van der Waals surface area (Å²) < 4.78 is 0. The second-order valence-electron chi connectivity index (χ2n) is 8.88. The van der Waals surface area contributed by atoms with Crippen molar-refractivity contribution in [3.05, 3.63) is 68.9 Å². The molecule has 0 aromatic rings. The van der Waals surface area contributed by atoms with E-state index >= 15 is 0 Å². The van der Waals surface area contributed by atoms with Crippen molar-refractivity contribution in [2.75, 3.05) is 0 Å². The molecular formula is C27H38O2. The normalized spacial score (nSPS) is 16.4. The van der Waals surface area contributed by atoms with E-state index in [1.807, 2.05) is 13.8 Å². The van der Waals surface area contributed by atoms with E-state index in [-0.39, 0.29) is 5.78 Å². The minimum atomic E-state index is -0.665. The zero-order chi connectivity index (χ0) is 22.1. The Labute approximate surface area is 177 Å². The standard InChI is InChI=1S/C27H38O2/c1-18(2)9-13-22-23(14-10-19(3)4)25(16-12-21(7)8)27(29)26(17-28)24(22)15-11-20(5)6/h9-12,17,26H,13-16H2,1-8H3. The highest BCUT2D eigenvalue weighted by Crippen LogP contribution is 2.39. The molecule has 2 heteroatoms. The van der Waals surface area contributed by atoms with Gasteiger partial charge in [-0.2, -0.15) is 0 Å². The maximum absolute atomic E-state index is 13.4. The van der Waals surface area contributed by atoms with Crippen LogP contribution in [0.5, 0.6) is 0 Å². The number of carbonyl (C=O) groups excluding carboxylic acids is 2. The minimum Gasteiger partial charge on any atom is -0.302 e. The third kappa shape index (κ3) is 7.61. The van der Waals surface area contributed by atoms with Gasteiger partial charge in [0.2, 0.25) is 0 Å². The smallest absolute Gasteiger partial charge is 0.173 e. The number of aldehydes is 1. The molecule has 1 aliphatic carbocycles. The number of rotatable bonds is 9. The average Bonchev–Trinajstić information content (AvgIpc) is 2.61. The first-order chi connectivity index (χ1) is 13.6. The number of ketones is 1. The van der Waals surface area contributed by atoms with Crippen molar-refractivity contribution in [1.29, 1.82) is 0 Å². The molecule has 0 spiro atoms. The van der Waals surface area contributed by atoms with Crippen LogP contribution in [0.25, 0.3) is 0 Å². The molecule has 158 valence electrons. The molecular weight excluding hydrogens is 356 g/mol. The number of Topliss-reactive ketones (excluding diaryl/α,β-unsaturated/α-hetero) is 1. The fourth-order valence-electron chi connectivity index (χ4n) is 3.41. The van der Waals surface area contributed by atoms with Crippen LogP contribution in [-0.2, 0) is 9.59 Å². The first-order valence-electron chi connectivity index (χ1n) is 10.6. The first-order valence-corrected chi connectivity index (χ1v) is 10.6. The van der Waals surface area contributed by atoms with Crippen LogP contribution < -0.4 is 0 Å². The molecule has 0 fully saturated rings. The van der Waals surface area contributed by atoms with E-state index in [0.717, 1.165) is 35.8 Å². The molecule has 2 nitrogen and oxygen atoms in total. The zero-order valence-electron chi connectivity index (χ0n) is 19.6. The SMILES string of the molecule is CC(C)=CCC1=C(CC=C(C)C)C(CC=C(C)C)=C(CC=C(C)C)C(C=O)C1=O. The Hall–Kier alpha value is -2.22. The van der Waals surface area contributed by atoms with Crippen molar-refractivity contribution < 1.29 is 9.59 Å². The van der Waals surface area contributed by atoms with E-state index in [4.69, 9.17) is 0 Å². The van der Waals surface area contributed by atoms with E-state index in [0.29, 0.717) is 12.8 Å². The summed E-state index contributed by atoms with van der Waals surface area (Å²) >= 11 is 0. The molecule has 1 atom stereocenters. The summed E-state index contributed by atoms with van der Waals surface area (Å²) in [6.45, 7) is 16.5. The molecule has 29 heavy (non-hydrogen) atoms. The highest BCUT2D eigenvalue weighted by atomic mass is 16.1. The van der Waals surface area contributed by atoms with Crippen molar-refractivity contribution in [1.82, 2.24) is 0 Å². The molecule has 0 heterocycles. The maximum Gasteiger partial charge on any atom is 0.173 e. The van der Waals surface area contributed by atoms with E-state index in [2.05, 4.69) is 65.8 Å². The van der Waals surface area contributed by atoms with Crippen LogP contribution in [0.1, 0.15) is 81.1 Å². The van der Waals surface area contributed by atoms with Gasteiger partial charge in [0, 0.05) is 5.57 Å². The molecule has 0 bridgehead atoms. The third-order valence-corrected chi connectivity index (χ3v) is 5.08. The van der Waals surface area contributed by atoms with Gasteiger partial charge in [0.25, 0.3) is 0 Å². The van der Waals surface area contributed by atoms with E-state index in [1.165, 1.54) is 27.9 Å². The van der Waals surface area contributed by atoms with Gasteiger partial charge in [0.15, 0.2) is 5.78 Å².